The van der Waals surface area contributed by atoms with Gasteiger partial charge in [-0.1, -0.05) is 50.2 Å². The van der Waals surface area contributed by atoms with E-state index in [-0.39, 0.29) is 11.8 Å². The number of amides is 2. The summed E-state index contributed by atoms with van der Waals surface area (Å²) in [6.45, 7) is 7.65. The summed E-state index contributed by atoms with van der Waals surface area (Å²) in [5.74, 6) is 1.38. The predicted octanol–water partition coefficient (Wildman–Crippen LogP) is 3.97. The quantitative estimate of drug-likeness (QED) is 0.643. The second kappa shape index (κ2) is 9.81. The van der Waals surface area contributed by atoms with Crippen LogP contribution in [0.15, 0.2) is 60.8 Å². The van der Waals surface area contributed by atoms with Crippen LogP contribution in [0.25, 0.3) is 10.8 Å². The van der Waals surface area contributed by atoms with Crippen LogP contribution in [0.5, 0.6) is 0 Å². The zero-order valence-electron chi connectivity index (χ0n) is 18.8. The summed E-state index contributed by atoms with van der Waals surface area (Å²) in [5.41, 5.74) is 1.32. The van der Waals surface area contributed by atoms with Gasteiger partial charge in [0, 0.05) is 44.5 Å². The Morgan fingerprint density at radius 3 is 2.44 bits per heavy atom. The molecular formula is C26H30N4O2. The fourth-order valence-corrected chi connectivity index (χ4v) is 4.00. The van der Waals surface area contributed by atoms with E-state index in [2.05, 4.69) is 29.0 Å². The van der Waals surface area contributed by atoms with Crippen molar-refractivity contribution in [3.8, 4) is 0 Å². The highest BCUT2D eigenvalue weighted by atomic mass is 16.2. The Kier molecular flexibility index (Phi) is 6.69. The first-order chi connectivity index (χ1) is 15.5. The first-order valence-corrected chi connectivity index (χ1v) is 11.3. The molecule has 4 rings (SSSR count). The first-order valence-electron chi connectivity index (χ1n) is 11.3. The maximum Gasteiger partial charge on any atom is 0.254 e. The molecule has 0 spiro atoms. The van der Waals surface area contributed by atoms with Crippen molar-refractivity contribution in [2.75, 3.05) is 37.6 Å². The topological polar surface area (TPSA) is 65.5 Å². The van der Waals surface area contributed by atoms with E-state index >= 15 is 0 Å². The number of piperazine rings is 1. The highest BCUT2D eigenvalue weighted by molar-refractivity contribution is 6.07. The molecule has 1 aliphatic rings. The van der Waals surface area contributed by atoms with E-state index in [1.54, 1.807) is 6.20 Å². The van der Waals surface area contributed by atoms with Crippen molar-refractivity contribution in [2.24, 2.45) is 5.92 Å². The molecule has 6 heteroatoms. The predicted molar refractivity (Wildman–Crippen MR) is 128 cm³/mol. The van der Waals surface area contributed by atoms with Gasteiger partial charge in [-0.2, -0.15) is 0 Å². The molecule has 1 fully saturated rings. The molecule has 2 amide bonds. The SMILES string of the molecule is CC(C)CCNC(=O)c1ccc(N2CCN(C(=O)c3cccc4ccccc34)CC2)nc1. The minimum Gasteiger partial charge on any atom is -0.353 e. The number of rotatable bonds is 6. The molecule has 1 aliphatic heterocycles. The number of hydrogen-bond acceptors (Lipinski definition) is 4. The Morgan fingerprint density at radius 2 is 1.72 bits per heavy atom. The Bertz CT molecular complexity index is 1080. The summed E-state index contributed by atoms with van der Waals surface area (Å²) in [6.07, 6.45) is 2.59. The van der Waals surface area contributed by atoms with Crippen LogP contribution < -0.4 is 10.2 Å². The van der Waals surface area contributed by atoms with Crippen molar-refractivity contribution >= 4 is 28.4 Å². The molecule has 0 aliphatic carbocycles. The van der Waals surface area contributed by atoms with Crippen LogP contribution in [0.4, 0.5) is 5.82 Å². The number of fused-ring (bicyclic) bond motifs is 1. The summed E-state index contributed by atoms with van der Waals surface area (Å²) in [5, 5.41) is 5.01. The fraction of sp³-hybridized carbons (Fsp3) is 0.346. The van der Waals surface area contributed by atoms with Gasteiger partial charge in [-0.15, -0.1) is 0 Å². The number of nitrogens with zero attached hydrogens (tertiary/aromatic N) is 3. The summed E-state index contributed by atoms with van der Waals surface area (Å²) in [4.78, 5) is 34.0. The van der Waals surface area contributed by atoms with E-state index in [0.29, 0.717) is 44.2 Å². The van der Waals surface area contributed by atoms with Crippen molar-refractivity contribution in [3.05, 3.63) is 71.9 Å². The van der Waals surface area contributed by atoms with Crippen LogP contribution in [-0.4, -0.2) is 54.4 Å². The van der Waals surface area contributed by atoms with Gasteiger partial charge in [-0.05, 0) is 41.3 Å². The van der Waals surface area contributed by atoms with Crippen LogP contribution >= 0.6 is 0 Å². The molecule has 0 saturated carbocycles. The standard InChI is InChI=1S/C26H30N4O2/c1-19(2)12-13-27-25(31)21-10-11-24(28-18-21)29-14-16-30(17-15-29)26(32)23-9-5-7-20-6-3-4-8-22(20)23/h3-11,18-19H,12-17H2,1-2H3,(H,27,31). The third-order valence-electron chi connectivity index (χ3n) is 5.93. The minimum absolute atomic E-state index is 0.0721. The Morgan fingerprint density at radius 1 is 0.969 bits per heavy atom. The maximum atomic E-state index is 13.2. The third kappa shape index (κ3) is 4.90. The lowest BCUT2D eigenvalue weighted by molar-refractivity contribution is 0.0748. The molecule has 0 radical (unpaired) electrons. The van der Waals surface area contributed by atoms with Crippen molar-refractivity contribution in [1.29, 1.82) is 0 Å². The zero-order valence-corrected chi connectivity index (χ0v) is 18.8. The fourth-order valence-electron chi connectivity index (χ4n) is 4.00. The molecule has 6 nitrogen and oxygen atoms in total. The van der Waals surface area contributed by atoms with E-state index in [0.717, 1.165) is 28.6 Å². The third-order valence-corrected chi connectivity index (χ3v) is 5.93. The molecular weight excluding hydrogens is 400 g/mol. The van der Waals surface area contributed by atoms with E-state index in [1.807, 2.05) is 59.5 Å². The molecule has 2 aromatic carbocycles. The lowest BCUT2D eigenvalue weighted by atomic mass is 10.0. The number of carbonyl (C=O) groups excluding carboxylic acids is 2. The molecule has 2 heterocycles. The summed E-state index contributed by atoms with van der Waals surface area (Å²) in [6, 6.07) is 17.6. The number of benzene rings is 2. The highest BCUT2D eigenvalue weighted by Crippen LogP contribution is 2.21. The van der Waals surface area contributed by atoms with Gasteiger partial charge in [0.15, 0.2) is 0 Å². The monoisotopic (exact) mass is 430 g/mol. The molecule has 1 N–H and O–H groups in total. The second-order valence-electron chi connectivity index (χ2n) is 8.65. The van der Waals surface area contributed by atoms with Crippen LogP contribution in [0.3, 0.4) is 0 Å². The van der Waals surface area contributed by atoms with E-state index in [1.165, 1.54) is 0 Å². The van der Waals surface area contributed by atoms with Gasteiger partial charge in [-0.25, -0.2) is 4.98 Å². The zero-order chi connectivity index (χ0) is 22.5. The van der Waals surface area contributed by atoms with Crippen molar-refractivity contribution in [2.45, 2.75) is 20.3 Å². The number of anilines is 1. The average Bonchev–Trinajstić information content (AvgIpc) is 2.83. The summed E-state index contributed by atoms with van der Waals surface area (Å²) >= 11 is 0. The Labute approximate surface area is 189 Å². The van der Waals surface area contributed by atoms with Crippen molar-refractivity contribution < 1.29 is 9.59 Å². The van der Waals surface area contributed by atoms with E-state index in [9.17, 15) is 9.59 Å². The summed E-state index contributed by atoms with van der Waals surface area (Å²) < 4.78 is 0. The number of carbonyl (C=O) groups is 2. The van der Waals surface area contributed by atoms with E-state index in [4.69, 9.17) is 0 Å². The van der Waals surface area contributed by atoms with Gasteiger partial charge in [0.05, 0.1) is 5.56 Å². The molecule has 1 aromatic heterocycles. The maximum absolute atomic E-state index is 13.2. The average molecular weight is 431 g/mol. The summed E-state index contributed by atoms with van der Waals surface area (Å²) in [7, 11) is 0. The number of aromatic nitrogens is 1. The minimum atomic E-state index is -0.0878. The first kappa shape index (κ1) is 21.8. The van der Waals surface area contributed by atoms with Gasteiger partial charge >= 0.3 is 0 Å². The van der Waals surface area contributed by atoms with Crippen LogP contribution in [0, 0.1) is 5.92 Å². The second-order valence-corrected chi connectivity index (χ2v) is 8.65. The molecule has 0 bridgehead atoms. The number of nitrogens with one attached hydrogen (secondary N) is 1. The molecule has 3 aromatic rings. The largest absolute Gasteiger partial charge is 0.353 e. The molecule has 32 heavy (non-hydrogen) atoms. The van der Waals surface area contributed by atoms with Crippen molar-refractivity contribution in [3.63, 3.8) is 0 Å². The van der Waals surface area contributed by atoms with Gasteiger partial charge in [0.2, 0.25) is 0 Å². The normalized spacial score (nSPS) is 14.1. The molecule has 0 unspecified atom stereocenters. The number of hydrogen-bond donors (Lipinski definition) is 1. The van der Waals surface area contributed by atoms with Crippen LogP contribution in [0.1, 0.15) is 41.0 Å². The van der Waals surface area contributed by atoms with Gasteiger partial charge in [0.25, 0.3) is 11.8 Å². The van der Waals surface area contributed by atoms with Gasteiger partial charge in [-0.3, -0.25) is 9.59 Å². The van der Waals surface area contributed by atoms with Gasteiger partial charge < -0.3 is 15.1 Å². The van der Waals surface area contributed by atoms with Crippen molar-refractivity contribution in [1.82, 2.24) is 15.2 Å². The van der Waals surface area contributed by atoms with E-state index < -0.39 is 0 Å². The lowest BCUT2D eigenvalue weighted by Crippen LogP contribution is -2.49. The van der Waals surface area contributed by atoms with Crippen LogP contribution in [-0.2, 0) is 0 Å². The molecule has 166 valence electrons. The Hall–Kier alpha value is -3.41. The molecule has 1 saturated heterocycles. The molecule has 0 atom stereocenters. The smallest absolute Gasteiger partial charge is 0.254 e. The van der Waals surface area contributed by atoms with Crippen LogP contribution in [0.2, 0.25) is 0 Å². The van der Waals surface area contributed by atoms with Gasteiger partial charge in [0.1, 0.15) is 5.82 Å². The number of pyridine rings is 1. The Balaban J connectivity index is 1.35. The highest BCUT2D eigenvalue weighted by Gasteiger charge is 2.24. The lowest BCUT2D eigenvalue weighted by Gasteiger charge is -2.35.